The molecule has 1 amide bonds. The first kappa shape index (κ1) is 16.5. The van der Waals surface area contributed by atoms with Gasteiger partial charge in [0.1, 0.15) is 6.04 Å². The van der Waals surface area contributed by atoms with E-state index in [1.807, 2.05) is 71.6 Å². The van der Waals surface area contributed by atoms with E-state index < -0.39 is 0 Å². The summed E-state index contributed by atoms with van der Waals surface area (Å²) in [5, 5.41) is 3.65. The Balaban J connectivity index is 1.59. The molecule has 0 radical (unpaired) electrons. The molecule has 0 saturated carbocycles. The molecule has 130 valence electrons. The molecule has 0 bridgehead atoms. The number of hydrogen-bond donors (Lipinski definition) is 1. The summed E-state index contributed by atoms with van der Waals surface area (Å²) in [6, 6.07) is 19.7. The Morgan fingerprint density at radius 2 is 1.88 bits per heavy atom. The number of anilines is 1. The number of rotatable bonds is 5. The Morgan fingerprint density at radius 3 is 2.65 bits per heavy atom. The van der Waals surface area contributed by atoms with Gasteiger partial charge in [-0.2, -0.15) is 0 Å². The van der Waals surface area contributed by atoms with Crippen LogP contribution in [0.2, 0.25) is 0 Å². The van der Waals surface area contributed by atoms with Gasteiger partial charge in [0.15, 0.2) is 5.13 Å². The zero-order valence-electron chi connectivity index (χ0n) is 14.4. The summed E-state index contributed by atoms with van der Waals surface area (Å²) in [7, 11) is 0. The Morgan fingerprint density at radius 1 is 1.12 bits per heavy atom. The average molecular weight is 361 g/mol. The van der Waals surface area contributed by atoms with E-state index in [9.17, 15) is 4.79 Å². The first-order valence-electron chi connectivity index (χ1n) is 8.53. The summed E-state index contributed by atoms with van der Waals surface area (Å²) in [6.45, 7) is 2.05. The first-order valence-corrected chi connectivity index (χ1v) is 9.35. The summed E-state index contributed by atoms with van der Waals surface area (Å²) in [6.07, 6.45) is 4.48. The molecule has 0 saturated heterocycles. The van der Waals surface area contributed by atoms with Crippen molar-refractivity contribution in [2.45, 2.75) is 19.4 Å². The van der Waals surface area contributed by atoms with Crippen LogP contribution in [0, 0.1) is 6.92 Å². The van der Waals surface area contributed by atoms with E-state index in [1.54, 1.807) is 0 Å². The molecule has 4 aromatic rings. The van der Waals surface area contributed by atoms with Gasteiger partial charge >= 0.3 is 0 Å². The van der Waals surface area contributed by atoms with E-state index >= 15 is 0 Å². The van der Waals surface area contributed by atoms with Crippen molar-refractivity contribution in [3.63, 3.8) is 0 Å². The van der Waals surface area contributed by atoms with Crippen LogP contribution in [0.1, 0.15) is 17.2 Å². The maximum absolute atomic E-state index is 13.0. The molecule has 5 heteroatoms. The molecule has 0 aliphatic heterocycles. The molecule has 0 fully saturated rings. The second-order valence-corrected chi connectivity index (χ2v) is 7.35. The van der Waals surface area contributed by atoms with E-state index in [1.165, 1.54) is 16.9 Å². The van der Waals surface area contributed by atoms with Gasteiger partial charge < -0.3 is 9.88 Å². The molecule has 0 aliphatic carbocycles. The first-order chi connectivity index (χ1) is 12.7. The summed E-state index contributed by atoms with van der Waals surface area (Å²) in [4.78, 5) is 17.5. The lowest BCUT2D eigenvalue weighted by molar-refractivity contribution is -0.119. The lowest BCUT2D eigenvalue weighted by Gasteiger charge is -2.18. The van der Waals surface area contributed by atoms with E-state index in [0.717, 1.165) is 15.8 Å². The van der Waals surface area contributed by atoms with Crippen molar-refractivity contribution in [3.8, 4) is 0 Å². The van der Waals surface area contributed by atoms with Gasteiger partial charge in [-0.25, -0.2) is 4.98 Å². The summed E-state index contributed by atoms with van der Waals surface area (Å²) in [5.74, 6) is -0.0548. The molecule has 1 N–H and O–H groups in total. The summed E-state index contributed by atoms with van der Waals surface area (Å²) in [5.41, 5.74) is 3.23. The van der Waals surface area contributed by atoms with Crippen molar-refractivity contribution >= 4 is 32.6 Å². The van der Waals surface area contributed by atoms with Crippen LogP contribution in [0.3, 0.4) is 0 Å². The molecule has 2 aromatic carbocycles. The minimum Gasteiger partial charge on any atom is -0.342 e. The van der Waals surface area contributed by atoms with Crippen molar-refractivity contribution in [1.82, 2.24) is 9.55 Å². The number of hydrogen-bond acceptors (Lipinski definition) is 3. The largest absolute Gasteiger partial charge is 0.342 e. The minimum atomic E-state index is -0.318. The number of amides is 1. The van der Waals surface area contributed by atoms with Crippen LogP contribution in [0.15, 0.2) is 73.1 Å². The highest BCUT2D eigenvalue weighted by atomic mass is 32.1. The molecule has 2 heterocycles. The number of carbonyl (C=O) groups excluding carboxylic acids is 1. The normalized spacial score (nSPS) is 12.2. The number of benzene rings is 2. The molecule has 0 spiro atoms. The summed E-state index contributed by atoms with van der Waals surface area (Å²) < 4.78 is 3.03. The third-order valence-electron chi connectivity index (χ3n) is 4.34. The van der Waals surface area contributed by atoms with Gasteiger partial charge in [0, 0.05) is 18.8 Å². The second kappa shape index (κ2) is 7.14. The topological polar surface area (TPSA) is 46.9 Å². The Hall–Kier alpha value is -2.92. The highest BCUT2D eigenvalue weighted by Crippen LogP contribution is 2.27. The van der Waals surface area contributed by atoms with E-state index in [2.05, 4.69) is 23.3 Å². The van der Waals surface area contributed by atoms with Gasteiger partial charge in [-0.05, 0) is 42.3 Å². The molecule has 1 unspecified atom stereocenters. The number of nitrogens with zero attached hydrogens (tertiary/aromatic N) is 2. The minimum absolute atomic E-state index is 0.0548. The van der Waals surface area contributed by atoms with E-state index in [-0.39, 0.29) is 11.9 Å². The average Bonchev–Trinajstić information content (AvgIpc) is 3.29. The highest BCUT2D eigenvalue weighted by Gasteiger charge is 2.21. The molecule has 0 aliphatic rings. The standard InChI is InChI=1S/C21H19N3OS/c1-15-9-10-17-19(13-15)26-21(22-17)23-20(25)18(24-11-5-6-12-24)14-16-7-3-2-4-8-16/h2-13,18H,14H2,1H3,(H,22,23,25). The third kappa shape index (κ3) is 3.53. The molecular weight excluding hydrogens is 342 g/mol. The SMILES string of the molecule is Cc1ccc2nc(NC(=O)C(Cc3ccccc3)n3cccc3)sc2c1. The van der Waals surface area contributed by atoms with Crippen molar-refractivity contribution in [1.29, 1.82) is 0 Å². The van der Waals surface area contributed by atoms with E-state index in [4.69, 9.17) is 0 Å². The number of carbonyl (C=O) groups is 1. The van der Waals surface area contributed by atoms with Crippen LogP contribution in [-0.2, 0) is 11.2 Å². The van der Waals surface area contributed by atoms with Crippen LogP contribution in [-0.4, -0.2) is 15.5 Å². The zero-order valence-corrected chi connectivity index (χ0v) is 15.2. The fraction of sp³-hybridized carbons (Fsp3) is 0.143. The fourth-order valence-electron chi connectivity index (χ4n) is 3.00. The maximum atomic E-state index is 13.0. The molecule has 2 aromatic heterocycles. The van der Waals surface area contributed by atoms with Gasteiger partial charge in [-0.15, -0.1) is 0 Å². The van der Waals surface area contributed by atoms with Crippen LogP contribution in [0.4, 0.5) is 5.13 Å². The van der Waals surface area contributed by atoms with Gasteiger partial charge in [-0.1, -0.05) is 47.7 Å². The number of aromatic nitrogens is 2. The molecule has 1 atom stereocenters. The third-order valence-corrected chi connectivity index (χ3v) is 5.27. The quantitative estimate of drug-likeness (QED) is 0.553. The number of nitrogens with one attached hydrogen (secondary N) is 1. The zero-order chi connectivity index (χ0) is 17.9. The predicted molar refractivity (Wildman–Crippen MR) is 107 cm³/mol. The lowest BCUT2D eigenvalue weighted by Crippen LogP contribution is -2.27. The van der Waals surface area contributed by atoms with Gasteiger partial charge in [0.05, 0.1) is 10.2 Å². The lowest BCUT2D eigenvalue weighted by atomic mass is 10.1. The van der Waals surface area contributed by atoms with Crippen molar-refractivity contribution in [2.24, 2.45) is 0 Å². The van der Waals surface area contributed by atoms with Crippen LogP contribution >= 0.6 is 11.3 Å². The van der Waals surface area contributed by atoms with Crippen LogP contribution in [0.5, 0.6) is 0 Å². The Kier molecular flexibility index (Phi) is 4.54. The second-order valence-electron chi connectivity index (χ2n) is 6.32. The van der Waals surface area contributed by atoms with Crippen molar-refractivity contribution in [3.05, 3.63) is 84.2 Å². The summed E-state index contributed by atoms with van der Waals surface area (Å²) >= 11 is 1.51. The number of fused-ring (bicyclic) bond motifs is 1. The van der Waals surface area contributed by atoms with Crippen LogP contribution < -0.4 is 5.32 Å². The number of thiazole rings is 1. The van der Waals surface area contributed by atoms with Crippen molar-refractivity contribution < 1.29 is 4.79 Å². The maximum Gasteiger partial charge on any atom is 0.249 e. The molecular formula is C21H19N3OS. The van der Waals surface area contributed by atoms with E-state index in [0.29, 0.717) is 11.6 Å². The van der Waals surface area contributed by atoms with Gasteiger partial charge in [0.2, 0.25) is 5.91 Å². The molecule has 26 heavy (non-hydrogen) atoms. The fourth-order valence-corrected chi connectivity index (χ4v) is 3.97. The van der Waals surface area contributed by atoms with Gasteiger partial charge in [-0.3, -0.25) is 4.79 Å². The Labute approximate surface area is 156 Å². The van der Waals surface area contributed by atoms with Crippen LogP contribution in [0.25, 0.3) is 10.2 Å². The van der Waals surface area contributed by atoms with Gasteiger partial charge in [0.25, 0.3) is 0 Å². The monoisotopic (exact) mass is 361 g/mol. The predicted octanol–water partition coefficient (Wildman–Crippen LogP) is 4.83. The van der Waals surface area contributed by atoms with Crippen molar-refractivity contribution in [2.75, 3.05) is 5.32 Å². The molecule has 4 rings (SSSR count). The highest BCUT2D eigenvalue weighted by molar-refractivity contribution is 7.22. The smallest absolute Gasteiger partial charge is 0.249 e. The molecule has 4 nitrogen and oxygen atoms in total. The Bertz CT molecular complexity index is 1020. The number of aryl methyl sites for hydroxylation is 1.